The Morgan fingerprint density at radius 1 is 1.10 bits per heavy atom. The molecule has 0 aliphatic rings. The number of halogens is 2. The largest absolute Gasteiger partial charge is 0.321 e. The molecule has 3 aromatic carbocycles. The number of nitriles is 1. The van der Waals surface area contributed by atoms with E-state index < -0.39 is 5.91 Å². The van der Waals surface area contributed by atoms with Gasteiger partial charge >= 0.3 is 0 Å². The Balaban J connectivity index is 1.80. The van der Waals surface area contributed by atoms with Crippen molar-refractivity contribution in [1.29, 1.82) is 5.26 Å². The monoisotopic (exact) mass is 462 g/mol. The van der Waals surface area contributed by atoms with Crippen molar-refractivity contribution in [1.82, 2.24) is 0 Å². The van der Waals surface area contributed by atoms with Gasteiger partial charge in [-0.1, -0.05) is 64.0 Å². The fraction of sp³-hybridized carbons (Fsp3) is 0.120. The lowest BCUT2D eigenvalue weighted by atomic mass is 10.0. The molecule has 0 aliphatic carbocycles. The molecule has 30 heavy (non-hydrogen) atoms. The number of benzene rings is 3. The Morgan fingerprint density at radius 3 is 2.53 bits per heavy atom. The fourth-order valence-electron chi connectivity index (χ4n) is 3.10. The first-order valence-corrected chi connectivity index (χ1v) is 10.2. The maximum Gasteiger partial charge on any atom is 0.266 e. The molecule has 0 aromatic heterocycles. The van der Waals surface area contributed by atoms with E-state index in [9.17, 15) is 14.4 Å². The molecule has 0 bridgehead atoms. The van der Waals surface area contributed by atoms with Crippen molar-refractivity contribution in [2.24, 2.45) is 0 Å². The van der Waals surface area contributed by atoms with Gasteiger partial charge in [-0.3, -0.25) is 4.79 Å². The minimum absolute atomic E-state index is 0.00345. The van der Waals surface area contributed by atoms with E-state index in [2.05, 4.69) is 21.2 Å². The average Bonchev–Trinajstić information content (AvgIpc) is 2.71. The number of anilines is 1. The summed E-state index contributed by atoms with van der Waals surface area (Å²) in [5, 5.41) is 12.3. The van der Waals surface area contributed by atoms with Gasteiger partial charge in [0.2, 0.25) is 0 Å². The van der Waals surface area contributed by atoms with Crippen LogP contribution in [0, 0.1) is 31.0 Å². The second-order valence-electron chi connectivity index (χ2n) is 7.06. The van der Waals surface area contributed by atoms with Crippen LogP contribution >= 0.6 is 15.9 Å². The lowest BCUT2D eigenvalue weighted by Gasteiger charge is -2.09. The van der Waals surface area contributed by atoms with Crippen molar-refractivity contribution in [3.05, 3.63) is 104 Å². The highest BCUT2D eigenvalue weighted by Gasteiger charge is 2.12. The maximum absolute atomic E-state index is 13.9. The highest BCUT2D eigenvalue weighted by molar-refractivity contribution is 9.10. The van der Waals surface area contributed by atoms with Gasteiger partial charge in [0.05, 0.1) is 0 Å². The Morgan fingerprint density at radius 2 is 1.87 bits per heavy atom. The molecule has 5 heteroatoms. The summed E-state index contributed by atoms with van der Waals surface area (Å²) in [7, 11) is 0. The normalized spacial score (nSPS) is 11.1. The molecule has 0 unspecified atom stereocenters. The smallest absolute Gasteiger partial charge is 0.266 e. The van der Waals surface area contributed by atoms with E-state index in [4.69, 9.17) is 0 Å². The lowest BCUT2D eigenvalue weighted by molar-refractivity contribution is -0.112. The molecule has 3 rings (SSSR count). The van der Waals surface area contributed by atoms with Crippen LogP contribution in [0.5, 0.6) is 0 Å². The summed E-state index contributed by atoms with van der Waals surface area (Å²) in [6, 6.07) is 19.8. The van der Waals surface area contributed by atoms with Crippen molar-refractivity contribution >= 4 is 33.6 Å². The second-order valence-corrected chi connectivity index (χ2v) is 7.92. The molecule has 0 heterocycles. The Hall–Kier alpha value is -3.23. The summed E-state index contributed by atoms with van der Waals surface area (Å²) in [6.07, 6.45) is 1.98. The van der Waals surface area contributed by atoms with E-state index in [1.165, 1.54) is 12.1 Å². The Kier molecular flexibility index (Phi) is 6.81. The van der Waals surface area contributed by atoms with Gasteiger partial charge in [0.15, 0.2) is 0 Å². The number of carbonyl (C=O) groups is 1. The molecular formula is C25H20BrFN2O. The van der Waals surface area contributed by atoms with Gasteiger partial charge in [-0.15, -0.1) is 0 Å². The maximum atomic E-state index is 13.9. The second kappa shape index (κ2) is 9.51. The third kappa shape index (κ3) is 5.22. The summed E-state index contributed by atoms with van der Waals surface area (Å²) < 4.78 is 14.7. The van der Waals surface area contributed by atoms with Gasteiger partial charge in [0, 0.05) is 16.6 Å². The molecule has 1 N–H and O–H groups in total. The molecule has 0 saturated carbocycles. The zero-order valence-corrected chi connectivity index (χ0v) is 18.3. The molecule has 0 radical (unpaired) electrons. The molecule has 1 amide bonds. The van der Waals surface area contributed by atoms with Crippen LogP contribution in [0.4, 0.5) is 10.1 Å². The number of carbonyl (C=O) groups excluding carboxylic acids is 1. The number of amides is 1. The molecule has 0 aliphatic heterocycles. The van der Waals surface area contributed by atoms with Crippen molar-refractivity contribution in [3.8, 4) is 6.07 Å². The molecular weight excluding hydrogens is 443 g/mol. The van der Waals surface area contributed by atoms with Gasteiger partial charge in [0.25, 0.3) is 5.91 Å². The number of aryl methyl sites for hydroxylation is 2. The van der Waals surface area contributed by atoms with Gasteiger partial charge in [0.1, 0.15) is 17.5 Å². The van der Waals surface area contributed by atoms with Gasteiger partial charge in [-0.05, 0) is 60.4 Å². The average molecular weight is 463 g/mol. The highest BCUT2D eigenvalue weighted by Crippen LogP contribution is 2.24. The molecule has 150 valence electrons. The standard InChI is InChI=1S/C25H20BrFN2O/c1-16-7-10-24(17(2)11-16)29-25(30)21(15-28)12-18-8-9-19(22(26)13-18)14-20-5-3-4-6-23(20)27/h3-13H,14H2,1-2H3,(H,29,30)/b21-12+. The number of hydrogen-bond acceptors (Lipinski definition) is 2. The number of nitrogens with one attached hydrogen (secondary N) is 1. The van der Waals surface area contributed by atoms with Gasteiger partial charge in [-0.25, -0.2) is 4.39 Å². The summed E-state index contributed by atoms with van der Waals surface area (Å²) in [6.45, 7) is 3.89. The zero-order valence-electron chi connectivity index (χ0n) is 16.7. The van der Waals surface area contributed by atoms with Crippen LogP contribution in [0.3, 0.4) is 0 Å². The third-order valence-electron chi connectivity index (χ3n) is 4.72. The van der Waals surface area contributed by atoms with Crippen LogP contribution in [0.15, 0.2) is 70.7 Å². The van der Waals surface area contributed by atoms with Gasteiger partial charge in [-0.2, -0.15) is 5.26 Å². The van der Waals surface area contributed by atoms with Crippen LogP contribution in [0.2, 0.25) is 0 Å². The summed E-state index contributed by atoms with van der Waals surface area (Å²) in [4.78, 5) is 12.6. The molecule has 3 aromatic rings. The van der Waals surface area contributed by atoms with Crippen LogP contribution in [-0.4, -0.2) is 5.91 Å². The number of rotatable bonds is 5. The van der Waals surface area contributed by atoms with Crippen LogP contribution in [-0.2, 0) is 11.2 Å². The number of hydrogen-bond donors (Lipinski definition) is 1. The van der Waals surface area contributed by atoms with Crippen molar-refractivity contribution in [2.75, 3.05) is 5.32 Å². The SMILES string of the molecule is Cc1ccc(NC(=O)/C(C#N)=C/c2ccc(Cc3ccccc3F)c(Br)c2)c(C)c1. The first kappa shape index (κ1) is 21.5. The minimum Gasteiger partial charge on any atom is -0.321 e. The Labute approximate surface area is 184 Å². The van der Waals surface area contributed by atoms with Crippen LogP contribution in [0.25, 0.3) is 6.08 Å². The van der Waals surface area contributed by atoms with Crippen LogP contribution < -0.4 is 5.32 Å². The summed E-state index contributed by atoms with van der Waals surface area (Å²) in [5.74, 6) is -0.709. The molecule has 0 spiro atoms. The van der Waals surface area contributed by atoms with Crippen molar-refractivity contribution in [3.63, 3.8) is 0 Å². The predicted octanol–water partition coefficient (Wildman–Crippen LogP) is 6.34. The topological polar surface area (TPSA) is 52.9 Å². The van der Waals surface area contributed by atoms with E-state index in [-0.39, 0.29) is 11.4 Å². The highest BCUT2D eigenvalue weighted by atomic mass is 79.9. The first-order valence-electron chi connectivity index (χ1n) is 9.39. The molecule has 3 nitrogen and oxygen atoms in total. The molecule has 0 fully saturated rings. The minimum atomic E-state index is -0.462. The zero-order chi connectivity index (χ0) is 21.7. The fourth-order valence-corrected chi connectivity index (χ4v) is 3.64. The summed E-state index contributed by atoms with van der Waals surface area (Å²) in [5.41, 5.74) is 4.92. The first-order chi connectivity index (χ1) is 14.4. The van der Waals surface area contributed by atoms with E-state index in [1.807, 2.05) is 56.3 Å². The lowest BCUT2D eigenvalue weighted by Crippen LogP contribution is -2.14. The quantitative estimate of drug-likeness (QED) is 0.355. The Bertz CT molecular complexity index is 1180. The molecule has 0 saturated heterocycles. The van der Waals surface area contributed by atoms with Gasteiger partial charge < -0.3 is 5.32 Å². The third-order valence-corrected chi connectivity index (χ3v) is 5.46. The van der Waals surface area contributed by atoms with E-state index in [0.29, 0.717) is 23.2 Å². The van der Waals surface area contributed by atoms with E-state index >= 15 is 0 Å². The summed E-state index contributed by atoms with van der Waals surface area (Å²) >= 11 is 3.51. The number of nitrogens with zero attached hydrogens (tertiary/aromatic N) is 1. The van der Waals surface area contributed by atoms with Crippen LogP contribution in [0.1, 0.15) is 27.8 Å². The molecule has 0 atom stereocenters. The predicted molar refractivity (Wildman–Crippen MR) is 121 cm³/mol. The van der Waals surface area contributed by atoms with Crippen molar-refractivity contribution < 1.29 is 9.18 Å². The van der Waals surface area contributed by atoms with E-state index in [1.54, 1.807) is 18.2 Å². The van der Waals surface area contributed by atoms with E-state index in [0.717, 1.165) is 21.2 Å². The van der Waals surface area contributed by atoms with Crippen molar-refractivity contribution in [2.45, 2.75) is 20.3 Å².